The average molecular weight is 311 g/mol. The molecule has 1 aromatic rings. The van der Waals surface area contributed by atoms with Crippen molar-refractivity contribution in [3.63, 3.8) is 0 Å². The van der Waals surface area contributed by atoms with Crippen LogP contribution in [0.1, 0.15) is 25.8 Å². The molecule has 1 unspecified atom stereocenters. The van der Waals surface area contributed by atoms with Crippen LogP contribution in [0.4, 0.5) is 0 Å². The van der Waals surface area contributed by atoms with Crippen molar-refractivity contribution in [2.45, 2.75) is 26.8 Å². The molecule has 2 aliphatic rings. The summed E-state index contributed by atoms with van der Waals surface area (Å²) in [5, 5.41) is 11.5. The molecule has 2 heterocycles. The summed E-state index contributed by atoms with van der Waals surface area (Å²) in [6.07, 6.45) is 0.583. The first-order chi connectivity index (χ1) is 11.2. The Morgan fingerprint density at radius 2 is 1.96 bits per heavy atom. The highest BCUT2D eigenvalue weighted by atomic mass is 16.2. The number of benzene rings is 1. The summed E-state index contributed by atoms with van der Waals surface area (Å²) < 4.78 is 0. The molecule has 120 valence electrons. The fourth-order valence-electron chi connectivity index (χ4n) is 2.90. The van der Waals surface area contributed by atoms with Crippen molar-refractivity contribution in [2.75, 3.05) is 13.1 Å². The third-order valence-electron chi connectivity index (χ3n) is 3.96. The van der Waals surface area contributed by atoms with Gasteiger partial charge in [0, 0.05) is 25.2 Å². The van der Waals surface area contributed by atoms with Gasteiger partial charge in [0.15, 0.2) is 0 Å². The van der Waals surface area contributed by atoms with Crippen molar-refractivity contribution in [2.24, 2.45) is 5.92 Å². The molecule has 0 saturated carbocycles. The predicted molar refractivity (Wildman–Crippen MR) is 87.0 cm³/mol. The minimum absolute atomic E-state index is 0.333. The molecule has 5 heteroatoms. The summed E-state index contributed by atoms with van der Waals surface area (Å²) in [7, 11) is 0. The van der Waals surface area contributed by atoms with Gasteiger partial charge in [-0.1, -0.05) is 44.2 Å². The molecule has 2 amide bonds. The summed E-state index contributed by atoms with van der Waals surface area (Å²) in [4.78, 5) is 25.8. The van der Waals surface area contributed by atoms with E-state index < -0.39 is 11.8 Å². The van der Waals surface area contributed by atoms with Crippen molar-refractivity contribution in [3.8, 4) is 6.07 Å². The summed E-state index contributed by atoms with van der Waals surface area (Å²) >= 11 is 0. The molecule has 1 atom stereocenters. The molecule has 0 aliphatic carbocycles. The van der Waals surface area contributed by atoms with Crippen molar-refractivity contribution < 1.29 is 9.59 Å². The van der Waals surface area contributed by atoms with Crippen LogP contribution < -0.4 is 5.32 Å². The minimum Gasteiger partial charge on any atom is -0.295 e. The van der Waals surface area contributed by atoms with Crippen molar-refractivity contribution >= 4 is 11.8 Å². The maximum Gasteiger partial charge on any atom is 0.253 e. The number of imide groups is 1. The van der Waals surface area contributed by atoms with Gasteiger partial charge in [0.05, 0.1) is 6.07 Å². The molecule has 0 fully saturated rings. The number of nitrogens with one attached hydrogen (secondary N) is 1. The third-order valence-corrected chi connectivity index (χ3v) is 3.96. The summed E-state index contributed by atoms with van der Waals surface area (Å²) in [6.45, 7) is 6.01. The van der Waals surface area contributed by atoms with Crippen LogP contribution in [0.5, 0.6) is 0 Å². The van der Waals surface area contributed by atoms with Crippen LogP contribution in [0.15, 0.2) is 41.5 Å². The Hall–Kier alpha value is -2.45. The monoisotopic (exact) mass is 311 g/mol. The first-order valence-corrected chi connectivity index (χ1v) is 7.92. The molecule has 0 aromatic heterocycles. The Morgan fingerprint density at radius 3 is 2.61 bits per heavy atom. The van der Waals surface area contributed by atoms with Crippen LogP contribution in [0.3, 0.4) is 0 Å². The van der Waals surface area contributed by atoms with E-state index in [0.29, 0.717) is 24.1 Å². The summed E-state index contributed by atoms with van der Waals surface area (Å²) in [6, 6.07) is 12.0. The minimum atomic E-state index is -0.837. The quantitative estimate of drug-likeness (QED) is 0.848. The zero-order valence-electron chi connectivity index (χ0n) is 13.5. The second-order valence-electron chi connectivity index (χ2n) is 5.33. The molecule has 0 bridgehead atoms. The second-order valence-corrected chi connectivity index (χ2v) is 5.33. The van der Waals surface area contributed by atoms with Crippen LogP contribution in [0, 0.1) is 17.2 Å². The lowest BCUT2D eigenvalue weighted by molar-refractivity contribution is -0.131. The molecule has 1 aromatic carbocycles. The molecule has 0 saturated heterocycles. The first-order valence-electron chi connectivity index (χ1n) is 7.92. The van der Waals surface area contributed by atoms with Gasteiger partial charge >= 0.3 is 0 Å². The van der Waals surface area contributed by atoms with Crippen molar-refractivity contribution in [1.29, 1.82) is 5.26 Å². The van der Waals surface area contributed by atoms with E-state index in [1.165, 1.54) is 5.56 Å². The maximum atomic E-state index is 11.8. The van der Waals surface area contributed by atoms with E-state index in [9.17, 15) is 14.9 Å². The normalized spacial score (nSPS) is 20.8. The maximum absolute atomic E-state index is 11.8. The lowest BCUT2D eigenvalue weighted by Crippen LogP contribution is -2.47. The molecule has 23 heavy (non-hydrogen) atoms. The molecule has 0 spiro atoms. The van der Waals surface area contributed by atoms with Crippen molar-refractivity contribution in [3.05, 3.63) is 47.0 Å². The number of amides is 2. The van der Waals surface area contributed by atoms with E-state index >= 15 is 0 Å². The SMILES string of the molecule is CC.N#CC1C(=O)NC(=O)C2=C1CN(Cc1ccccc1)CC2. The lowest BCUT2D eigenvalue weighted by atomic mass is 9.86. The van der Waals surface area contributed by atoms with Crippen LogP contribution in [-0.4, -0.2) is 29.8 Å². The molecule has 1 N–H and O–H groups in total. The predicted octanol–water partition coefficient (Wildman–Crippen LogP) is 2.01. The highest BCUT2D eigenvalue weighted by Crippen LogP contribution is 2.28. The summed E-state index contributed by atoms with van der Waals surface area (Å²) in [5.74, 6) is -1.67. The van der Waals surface area contributed by atoms with Gasteiger partial charge in [-0.2, -0.15) is 5.26 Å². The van der Waals surface area contributed by atoms with Gasteiger partial charge in [0.2, 0.25) is 5.91 Å². The van der Waals surface area contributed by atoms with Crippen LogP contribution in [0.2, 0.25) is 0 Å². The standard InChI is InChI=1S/C16H15N3O2.C2H6/c17-8-13-14-10-19(9-11-4-2-1-3-5-11)7-6-12(14)15(20)18-16(13)21;1-2/h1-5,13H,6-7,9-10H2,(H,18,20,21);1-2H3. The number of carbonyl (C=O) groups excluding carboxylic acids is 2. The van der Waals surface area contributed by atoms with Crippen LogP contribution in [-0.2, 0) is 16.1 Å². The Labute approximate surface area is 136 Å². The Morgan fingerprint density at radius 1 is 1.26 bits per heavy atom. The number of hydrogen-bond donors (Lipinski definition) is 1. The zero-order valence-corrected chi connectivity index (χ0v) is 13.5. The zero-order chi connectivity index (χ0) is 16.8. The van der Waals surface area contributed by atoms with Crippen LogP contribution in [0.25, 0.3) is 0 Å². The molecule has 5 nitrogen and oxygen atoms in total. The molecule has 0 radical (unpaired) electrons. The Balaban J connectivity index is 0.000000924. The van der Waals surface area contributed by atoms with E-state index in [-0.39, 0.29) is 5.91 Å². The van der Waals surface area contributed by atoms with Crippen molar-refractivity contribution in [1.82, 2.24) is 10.2 Å². The number of rotatable bonds is 2. The second kappa shape index (κ2) is 7.70. The van der Waals surface area contributed by atoms with E-state index in [0.717, 1.165) is 13.1 Å². The molecular weight excluding hydrogens is 290 g/mol. The number of carbonyl (C=O) groups is 2. The van der Waals surface area contributed by atoms with Gasteiger partial charge in [-0.3, -0.25) is 19.8 Å². The van der Waals surface area contributed by atoms with E-state index in [1.54, 1.807) is 0 Å². The molecule has 3 rings (SSSR count). The topological polar surface area (TPSA) is 73.2 Å². The highest BCUT2D eigenvalue weighted by Gasteiger charge is 2.37. The number of nitriles is 1. The van der Waals surface area contributed by atoms with Crippen LogP contribution >= 0.6 is 0 Å². The Kier molecular flexibility index (Phi) is 5.67. The van der Waals surface area contributed by atoms with E-state index in [1.807, 2.05) is 50.2 Å². The van der Waals surface area contributed by atoms with Gasteiger partial charge in [0.25, 0.3) is 5.91 Å². The van der Waals surface area contributed by atoms with Gasteiger partial charge in [-0.05, 0) is 17.6 Å². The first kappa shape index (κ1) is 16.9. The van der Waals surface area contributed by atoms with E-state index in [2.05, 4.69) is 10.2 Å². The highest BCUT2D eigenvalue weighted by molar-refractivity contribution is 6.10. The fraction of sp³-hybridized carbons (Fsp3) is 0.389. The number of hydrogen-bond acceptors (Lipinski definition) is 4. The number of nitrogens with zero attached hydrogens (tertiary/aromatic N) is 2. The third kappa shape index (κ3) is 3.66. The van der Waals surface area contributed by atoms with Gasteiger partial charge in [-0.25, -0.2) is 0 Å². The smallest absolute Gasteiger partial charge is 0.253 e. The lowest BCUT2D eigenvalue weighted by Gasteiger charge is -2.34. The Bertz CT molecular complexity index is 659. The molecule has 2 aliphatic heterocycles. The van der Waals surface area contributed by atoms with Gasteiger partial charge < -0.3 is 0 Å². The molecular formula is C18H21N3O2. The largest absolute Gasteiger partial charge is 0.295 e. The summed E-state index contributed by atoms with van der Waals surface area (Å²) in [5.41, 5.74) is 2.47. The fourth-order valence-corrected chi connectivity index (χ4v) is 2.90. The average Bonchev–Trinajstić information content (AvgIpc) is 2.58. The van der Waals surface area contributed by atoms with Gasteiger partial charge in [0.1, 0.15) is 5.92 Å². The van der Waals surface area contributed by atoms with Gasteiger partial charge in [-0.15, -0.1) is 0 Å². The van der Waals surface area contributed by atoms with E-state index in [4.69, 9.17) is 0 Å².